The first-order chi connectivity index (χ1) is 9.59. The Morgan fingerprint density at radius 3 is 2.70 bits per heavy atom. The molecule has 2 rings (SSSR count). The number of benzene rings is 1. The Morgan fingerprint density at radius 1 is 1.35 bits per heavy atom. The minimum atomic E-state index is -0.319. The van der Waals surface area contributed by atoms with Crippen molar-refractivity contribution in [2.75, 3.05) is 25.0 Å². The molecule has 1 aromatic rings. The molecule has 5 nitrogen and oxygen atoms in total. The Morgan fingerprint density at radius 2 is 2.05 bits per heavy atom. The summed E-state index contributed by atoms with van der Waals surface area (Å²) in [5.41, 5.74) is 1.74. The smallest absolute Gasteiger partial charge is 0.292 e. The summed E-state index contributed by atoms with van der Waals surface area (Å²) in [5, 5.41) is 14.4. The molecule has 0 radical (unpaired) electrons. The summed E-state index contributed by atoms with van der Waals surface area (Å²) in [4.78, 5) is 13.2. The zero-order chi connectivity index (χ0) is 14.5. The van der Waals surface area contributed by atoms with Crippen molar-refractivity contribution in [2.24, 2.45) is 0 Å². The number of rotatable bonds is 5. The monoisotopic (exact) mass is 277 g/mol. The molecule has 20 heavy (non-hydrogen) atoms. The van der Waals surface area contributed by atoms with E-state index in [4.69, 9.17) is 0 Å². The maximum atomic E-state index is 11.1. The lowest BCUT2D eigenvalue weighted by Gasteiger charge is -2.32. The number of nitro groups is 1. The molecule has 0 bridgehead atoms. The van der Waals surface area contributed by atoms with Crippen LogP contribution in [0.4, 0.5) is 11.4 Å². The maximum Gasteiger partial charge on any atom is 0.292 e. The highest BCUT2D eigenvalue weighted by Crippen LogP contribution is 2.27. The van der Waals surface area contributed by atoms with E-state index in [1.54, 1.807) is 12.1 Å². The van der Waals surface area contributed by atoms with Crippen molar-refractivity contribution in [1.29, 1.82) is 0 Å². The van der Waals surface area contributed by atoms with Gasteiger partial charge >= 0.3 is 0 Å². The second-order valence-corrected chi connectivity index (χ2v) is 5.55. The van der Waals surface area contributed by atoms with Crippen molar-refractivity contribution >= 4 is 11.4 Å². The molecule has 0 saturated carbocycles. The summed E-state index contributed by atoms with van der Waals surface area (Å²) in [7, 11) is 0. The predicted octanol–water partition coefficient (Wildman–Crippen LogP) is 3.19. The van der Waals surface area contributed by atoms with Crippen LogP contribution in [0.25, 0.3) is 0 Å². The SMILES string of the molecule is Cc1cccc([N+](=O)[O-])c1NCC(C)N1CCCCC1. The van der Waals surface area contributed by atoms with Crippen LogP contribution in [0, 0.1) is 17.0 Å². The number of hydrogen-bond donors (Lipinski definition) is 1. The second kappa shape index (κ2) is 6.70. The van der Waals surface area contributed by atoms with Gasteiger partial charge in [0, 0.05) is 18.7 Å². The Labute approximate surface area is 120 Å². The number of nitrogens with one attached hydrogen (secondary N) is 1. The molecule has 1 aliphatic heterocycles. The van der Waals surface area contributed by atoms with E-state index in [1.807, 2.05) is 13.0 Å². The summed E-state index contributed by atoms with van der Waals surface area (Å²) < 4.78 is 0. The topological polar surface area (TPSA) is 58.4 Å². The van der Waals surface area contributed by atoms with E-state index in [0.29, 0.717) is 11.7 Å². The van der Waals surface area contributed by atoms with Crippen molar-refractivity contribution < 1.29 is 4.92 Å². The summed E-state index contributed by atoms with van der Waals surface area (Å²) in [6, 6.07) is 5.59. The van der Waals surface area contributed by atoms with Crippen LogP contribution in [0.3, 0.4) is 0 Å². The third-order valence-electron chi connectivity index (χ3n) is 4.04. The number of anilines is 1. The Kier molecular flexibility index (Phi) is 4.95. The van der Waals surface area contributed by atoms with Gasteiger partial charge in [-0.05, 0) is 45.3 Å². The molecule has 1 heterocycles. The molecule has 0 aliphatic carbocycles. The van der Waals surface area contributed by atoms with E-state index in [9.17, 15) is 10.1 Å². The van der Waals surface area contributed by atoms with Crippen molar-refractivity contribution in [3.05, 3.63) is 33.9 Å². The lowest BCUT2D eigenvalue weighted by Crippen LogP contribution is -2.41. The number of nitro benzene ring substituents is 1. The van der Waals surface area contributed by atoms with Gasteiger partial charge in [0.15, 0.2) is 0 Å². The van der Waals surface area contributed by atoms with Crippen LogP contribution in [0.1, 0.15) is 31.7 Å². The standard InChI is InChI=1S/C15H23N3O2/c1-12-7-6-8-14(18(19)20)15(12)16-11-13(2)17-9-4-3-5-10-17/h6-8,13,16H,3-5,9-11H2,1-2H3. The lowest BCUT2D eigenvalue weighted by molar-refractivity contribution is -0.384. The van der Waals surface area contributed by atoms with Gasteiger partial charge in [-0.25, -0.2) is 0 Å². The quantitative estimate of drug-likeness (QED) is 0.663. The molecule has 0 amide bonds. The van der Waals surface area contributed by atoms with Crippen molar-refractivity contribution in [1.82, 2.24) is 4.90 Å². The molecule has 0 spiro atoms. The van der Waals surface area contributed by atoms with E-state index in [0.717, 1.165) is 25.2 Å². The average Bonchev–Trinajstić information content (AvgIpc) is 2.46. The first-order valence-electron chi connectivity index (χ1n) is 7.31. The van der Waals surface area contributed by atoms with E-state index >= 15 is 0 Å². The summed E-state index contributed by atoms with van der Waals surface area (Å²) in [6.07, 6.45) is 3.84. The number of piperidine rings is 1. The van der Waals surface area contributed by atoms with Gasteiger partial charge in [0.2, 0.25) is 0 Å². The van der Waals surface area contributed by atoms with E-state index in [-0.39, 0.29) is 10.6 Å². The van der Waals surface area contributed by atoms with Crippen LogP contribution in [-0.2, 0) is 0 Å². The minimum absolute atomic E-state index is 0.163. The third-order valence-corrected chi connectivity index (χ3v) is 4.04. The summed E-state index contributed by atoms with van der Waals surface area (Å²) in [6.45, 7) is 7.10. The molecular weight excluding hydrogens is 254 g/mol. The number of para-hydroxylation sites is 1. The third kappa shape index (κ3) is 3.48. The minimum Gasteiger partial charge on any atom is -0.378 e. The molecule has 1 N–H and O–H groups in total. The van der Waals surface area contributed by atoms with Crippen molar-refractivity contribution in [2.45, 2.75) is 39.2 Å². The van der Waals surface area contributed by atoms with E-state index in [2.05, 4.69) is 17.1 Å². The maximum absolute atomic E-state index is 11.1. The molecule has 1 fully saturated rings. The second-order valence-electron chi connectivity index (χ2n) is 5.55. The average molecular weight is 277 g/mol. The molecule has 0 aromatic heterocycles. The molecule has 1 atom stereocenters. The fraction of sp³-hybridized carbons (Fsp3) is 0.600. The largest absolute Gasteiger partial charge is 0.378 e. The van der Waals surface area contributed by atoms with Crippen LogP contribution in [0.15, 0.2) is 18.2 Å². The van der Waals surface area contributed by atoms with E-state index < -0.39 is 0 Å². The molecule has 1 aromatic carbocycles. The van der Waals surface area contributed by atoms with Gasteiger partial charge in [0.1, 0.15) is 5.69 Å². The highest BCUT2D eigenvalue weighted by atomic mass is 16.6. The van der Waals surface area contributed by atoms with Gasteiger partial charge in [-0.2, -0.15) is 0 Å². The molecule has 110 valence electrons. The normalized spacial score (nSPS) is 17.7. The number of likely N-dealkylation sites (tertiary alicyclic amines) is 1. The van der Waals surface area contributed by atoms with Gasteiger partial charge in [-0.3, -0.25) is 15.0 Å². The number of nitrogens with zero attached hydrogens (tertiary/aromatic N) is 2. The van der Waals surface area contributed by atoms with Crippen molar-refractivity contribution in [3.8, 4) is 0 Å². The van der Waals surface area contributed by atoms with Gasteiger partial charge in [0.25, 0.3) is 5.69 Å². The highest BCUT2D eigenvalue weighted by molar-refractivity contribution is 5.66. The van der Waals surface area contributed by atoms with Gasteiger partial charge < -0.3 is 5.32 Å². The van der Waals surface area contributed by atoms with E-state index in [1.165, 1.54) is 19.3 Å². The van der Waals surface area contributed by atoms with Gasteiger partial charge in [-0.1, -0.05) is 18.6 Å². The molecular formula is C15H23N3O2. The van der Waals surface area contributed by atoms with Crippen molar-refractivity contribution in [3.63, 3.8) is 0 Å². The van der Waals surface area contributed by atoms with Gasteiger partial charge in [-0.15, -0.1) is 0 Å². The Bertz CT molecular complexity index is 470. The Hall–Kier alpha value is -1.62. The van der Waals surface area contributed by atoms with Gasteiger partial charge in [0.05, 0.1) is 4.92 Å². The summed E-state index contributed by atoms with van der Waals surface area (Å²) in [5.74, 6) is 0. The predicted molar refractivity (Wildman–Crippen MR) is 81.2 cm³/mol. The number of aryl methyl sites for hydroxylation is 1. The molecule has 1 aliphatic rings. The number of hydrogen-bond acceptors (Lipinski definition) is 4. The fourth-order valence-corrected chi connectivity index (χ4v) is 2.77. The first-order valence-corrected chi connectivity index (χ1v) is 7.31. The zero-order valence-corrected chi connectivity index (χ0v) is 12.3. The summed E-state index contributed by atoms with van der Waals surface area (Å²) >= 11 is 0. The van der Waals surface area contributed by atoms with Crippen LogP contribution in [0.5, 0.6) is 0 Å². The lowest BCUT2D eigenvalue weighted by atomic mass is 10.1. The van der Waals surface area contributed by atoms with Crippen LogP contribution in [0.2, 0.25) is 0 Å². The zero-order valence-electron chi connectivity index (χ0n) is 12.3. The highest BCUT2D eigenvalue weighted by Gasteiger charge is 2.19. The Balaban J connectivity index is 2.01. The van der Waals surface area contributed by atoms with Crippen LogP contribution in [-0.4, -0.2) is 35.5 Å². The molecule has 1 saturated heterocycles. The van der Waals surface area contributed by atoms with Crippen LogP contribution < -0.4 is 5.32 Å². The fourth-order valence-electron chi connectivity index (χ4n) is 2.77. The van der Waals surface area contributed by atoms with Crippen LogP contribution >= 0.6 is 0 Å². The molecule has 1 unspecified atom stereocenters. The molecule has 5 heteroatoms. The first kappa shape index (κ1) is 14.8.